The summed E-state index contributed by atoms with van der Waals surface area (Å²) in [6.07, 6.45) is 3.49. The smallest absolute Gasteiger partial charge is 0.254 e. The van der Waals surface area contributed by atoms with Crippen LogP contribution in [0.25, 0.3) is 11.4 Å². The third-order valence-corrected chi connectivity index (χ3v) is 5.20. The van der Waals surface area contributed by atoms with Gasteiger partial charge in [0, 0.05) is 49.2 Å². The molecule has 3 aromatic rings. The van der Waals surface area contributed by atoms with Crippen LogP contribution in [0.15, 0.2) is 60.9 Å². The van der Waals surface area contributed by atoms with Gasteiger partial charge in [0.2, 0.25) is 0 Å². The third kappa shape index (κ3) is 3.45. The molecule has 1 saturated heterocycles. The van der Waals surface area contributed by atoms with Gasteiger partial charge in [-0.3, -0.25) is 4.79 Å². The van der Waals surface area contributed by atoms with E-state index in [9.17, 15) is 4.79 Å². The molecule has 1 aliphatic heterocycles. The van der Waals surface area contributed by atoms with E-state index in [0.717, 1.165) is 35.9 Å². The minimum atomic E-state index is 0.0561. The van der Waals surface area contributed by atoms with Crippen molar-refractivity contribution in [2.75, 3.05) is 31.6 Å². The lowest BCUT2D eigenvalue weighted by Gasteiger charge is -2.41. The number of aromatic nitrogens is 2. The SMILES string of the molecule is COc1ccccc1N1CCN(C(=O)c2cccc(-c3ncc[nH]3)c2)[C@H](C)C1. The van der Waals surface area contributed by atoms with E-state index in [2.05, 4.69) is 27.9 Å². The molecule has 0 bridgehead atoms. The van der Waals surface area contributed by atoms with Crippen LogP contribution in [0, 0.1) is 0 Å². The summed E-state index contributed by atoms with van der Waals surface area (Å²) in [5.74, 6) is 1.69. The van der Waals surface area contributed by atoms with Crippen molar-refractivity contribution in [2.24, 2.45) is 0 Å². The fourth-order valence-corrected chi connectivity index (χ4v) is 3.76. The van der Waals surface area contributed by atoms with Crippen molar-refractivity contribution in [3.63, 3.8) is 0 Å². The first kappa shape index (κ1) is 18.1. The Bertz CT molecular complexity index is 955. The lowest BCUT2D eigenvalue weighted by molar-refractivity contribution is 0.0674. The highest BCUT2D eigenvalue weighted by Gasteiger charge is 2.29. The Morgan fingerprint density at radius 3 is 2.79 bits per heavy atom. The van der Waals surface area contributed by atoms with E-state index in [4.69, 9.17) is 4.74 Å². The molecule has 1 aliphatic rings. The van der Waals surface area contributed by atoms with Crippen LogP contribution in [-0.4, -0.2) is 53.6 Å². The number of aromatic amines is 1. The Balaban J connectivity index is 1.51. The zero-order valence-corrected chi connectivity index (χ0v) is 16.1. The summed E-state index contributed by atoms with van der Waals surface area (Å²) in [5, 5.41) is 0. The number of carbonyl (C=O) groups excluding carboxylic acids is 1. The number of methoxy groups -OCH3 is 1. The molecular weight excluding hydrogens is 352 g/mol. The first-order chi connectivity index (χ1) is 13.7. The van der Waals surface area contributed by atoms with Crippen molar-refractivity contribution < 1.29 is 9.53 Å². The number of anilines is 1. The van der Waals surface area contributed by atoms with Crippen molar-refractivity contribution in [3.05, 3.63) is 66.5 Å². The number of para-hydroxylation sites is 2. The standard InChI is InChI=1S/C22H24N4O2/c1-16-15-25(19-8-3-4-9-20(19)28-2)12-13-26(16)22(27)18-7-5-6-17(14-18)21-23-10-11-24-21/h3-11,14,16H,12-13,15H2,1-2H3,(H,23,24)/t16-/m1/s1. The molecule has 6 heteroatoms. The van der Waals surface area contributed by atoms with E-state index >= 15 is 0 Å². The number of amides is 1. The second-order valence-electron chi connectivity index (χ2n) is 6.98. The average Bonchev–Trinajstić information content (AvgIpc) is 3.28. The van der Waals surface area contributed by atoms with Gasteiger partial charge in [0.15, 0.2) is 0 Å². The van der Waals surface area contributed by atoms with Crippen LogP contribution in [0.1, 0.15) is 17.3 Å². The van der Waals surface area contributed by atoms with Crippen molar-refractivity contribution in [2.45, 2.75) is 13.0 Å². The number of nitrogens with one attached hydrogen (secondary N) is 1. The molecule has 144 valence electrons. The van der Waals surface area contributed by atoms with E-state index in [0.29, 0.717) is 12.1 Å². The maximum absolute atomic E-state index is 13.2. The summed E-state index contributed by atoms with van der Waals surface area (Å²) in [4.78, 5) is 24.7. The number of benzene rings is 2. The summed E-state index contributed by atoms with van der Waals surface area (Å²) in [5.41, 5.74) is 2.67. The molecular formula is C22H24N4O2. The number of hydrogen-bond donors (Lipinski definition) is 1. The predicted molar refractivity (Wildman–Crippen MR) is 110 cm³/mol. The first-order valence-corrected chi connectivity index (χ1v) is 9.46. The fourth-order valence-electron chi connectivity index (χ4n) is 3.76. The Morgan fingerprint density at radius 2 is 2.04 bits per heavy atom. The number of H-pyrrole nitrogens is 1. The molecule has 28 heavy (non-hydrogen) atoms. The zero-order valence-electron chi connectivity index (χ0n) is 16.1. The molecule has 4 rings (SSSR count). The van der Waals surface area contributed by atoms with Crippen LogP contribution in [0.3, 0.4) is 0 Å². The average molecular weight is 376 g/mol. The Kier molecular flexibility index (Phi) is 5.02. The van der Waals surface area contributed by atoms with Crippen LogP contribution in [0.4, 0.5) is 5.69 Å². The number of ether oxygens (including phenoxy) is 1. The lowest BCUT2D eigenvalue weighted by Crippen LogP contribution is -2.54. The predicted octanol–water partition coefficient (Wildman–Crippen LogP) is 3.44. The molecule has 1 aromatic heterocycles. The lowest BCUT2D eigenvalue weighted by atomic mass is 10.1. The van der Waals surface area contributed by atoms with E-state index in [1.54, 1.807) is 19.5 Å². The Morgan fingerprint density at radius 1 is 1.18 bits per heavy atom. The van der Waals surface area contributed by atoms with Crippen LogP contribution < -0.4 is 9.64 Å². The molecule has 0 radical (unpaired) electrons. The summed E-state index contributed by atoms with van der Waals surface area (Å²) < 4.78 is 5.49. The number of hydrogen-bond acceptors (Lipinski definition) is 4. The van der Waals surface area contributed by atoms with Gasteiger partial charge in [-0.25, -0.2) is 4.98 Å². The summed E-state index contributed by atoms with van der Waals surface area (Å²) in [7, 11) is 1.69. The highest BCUT2D eigenvalue weighted by Crippen LogP contribution is 2.30. The van der Waals surface area contributed by atoms with Crippen LogP contribution in [0.5, 0.6) is 5.75 Å². The van der Waals surface area contributed by atoms with Crippen LogP contribution >= 0.6 is 0 Å². The largest absolute Gasteiger partial charge is 0.495 e. The Hall–Kier alpha value is -3.28. The quantitative estimate of drug-likeness (QED) is 0.758. The van der Waals surface area contributed by atoms with Gasteiger partial charge in [-0.1, -0.05) is 24.3 Å². The van der Waals surface area contributed by atoms with Gasteiger partial charge in [0.05, 0.1) is 12.8 Å². The molecule has 0 spiro atoms. The second kappa shape index (κ2) is 7.76. The van der Waals surface area contributed by atoms with E-state index in [-0.39, 0.29) is 11.9 Å². The molecule has 1 atom stereocenters. The molecule has 0 saturated carbocycles. The normalized spacial score (nSPS) is 16.9. The third-order valence-electron chi connectivity index (χ3n) is 5.20. The van der Waals surface area contributed by atoms with Gasteiger partial charge < -0.3 is 19.5 Å². The van der Waals surface area contributed by atoms with Crippen molar-refractivity contribution in [1.29, 1.82) is 0 Å². The molecule has 2 heterocycles. The fraction of sp³-hybridized carbons (Fsp3) is 0.273. The maximum atomic E-state index is 13.2. The van der Waals surface area contributed by atoms with Gasteiger partial charge in [-0.2, -0.15) is 0 Å². The highest BCUT2D eigenvalue weighted by atomic mass is 16.5. The van der Waals surface area contributed by atoms with Crippen LogP contribution in [-0.2, 0) is 0 Å². The van der Waals surface area contributed by atoms with E-state index in [1.807, 2.05) is 47.4 Å². The van der Waals surface area contributed by atoms with Gasteiger partial charge >= 0.3 is 0 Å². The first-order valence-electron chi connectivity index (χ1n) is 9.46. The highest BCUT2D eigenvalue weighted by molar-refractivity contribution is 5.95. The molecule has 2 aromatic carbocycles. The second-order valence-corrected chi connectivity index (χ2v) is 6.98. The number of imidazole rings is 1. The minimum absolute atomic E-state index is 0.0561. The number of piperazine rings is 1. The number of nitrogens with zero attached hydrogens (tertiary/aromatic N) is 3. The van der Waals surface area contributed by atoms with Crippen LogP contribution in [0.2, 0.25) is 0 Å². The minimum Gasteiger partial charge on any atom is -0.495 e. The summed E-state index contributed by atoms with van der Waals surface area (Å²) >= 11 is 0. The van der Waals surface area contributed by atoms with Gasteiger partial charge in [-0.05, 0) is 31.2 Å². The van der Waals surface area contributed by atoms with E-state index < -0.39 is 0 Å². The Labute approximate surface area is 164 Å². The van der Waals surface area contributed by atoms with E-state index in [1.165, 1.54) is 0 Å². The molecule has 6 nitrogen and oxygen atoms in total. The summed E-state index contributed by atoms with van der Waals surface area (Å²) in [6, 6.07) is 15.7. The number of rotatable bonds is 4. The topological polar surface area (TPSA) is 61.5 Å². The summed E-state index contributed by atoms with van der Waals surface area (Å²) in [6.45, 7) is 4.30. The molecule has 1 amide bonds. The van der Waals surface area contributed by atoms with Crippen molar-refractivity contribution >= 4 is 11.6 Å². The van der Waals surface area contributed by atoms with Gasteiger partial charge in [0.1, 0.15) is 11.6 Å². The molecule has 0 unspecified atom stereocenters. The number of carbonyl (C=O) groups is 1. The van der Waals surface area contributed by atoms with Gasteiger partial charge in [0.25, 0.3) is 5.91 Å². The van der Waals surface area contributed by atoms with Crippen molar-refractivity contribution in [1.82, 2.24) is 14.9 Å². The molecule has 0 aliphatic carbocycles. The monoisotopic (exact) mass is 376 g/mol. The van der Waals surface area contributed by atoms with Gasteiger partial charge in [-0.15, -0.1) is 0 Å². The van der Waals surface area contributed by atoms with Crippen molar-refractivity contribution in [3.8, 4) is 17.1 Å². The molecule has 1 N–H and O–H groups in total. The maximum Gasteiger partial charge on any atom is 0.254 e. The zero-order chi connectivity index (χ0) is 19.5. The molecule has 1 fully saturated rings.